The summed E-state index contributed by atoms with van der Waals surface area (Å²) in [5.41, 5.74) is -0.287. The Kier molecular flexibility index (Phi) is 4.05. The van der Waals surface area contributed by atoms with E-state index in [9.17, 15) is 4.79 Å². The van der Waals surface area contributed by atoms with Crippen LogP contribution in [0.3, 0.4) is 0 Å². The normalized spacial score (nSPS) is 11.0. The van der Waals surface area contributed by atoms with Crippen molar-refractivity contribution in [1.82, 2.24) is 29.7 Å². The molecule has 0 amide bonds. The van der Waals surface area contributed by atoms with E-state index in [1.54, 1.807) is 0 Å². The molecule has 2 heterocycles. The van der Waals surface area contributed by atoms with Crippen LogP contribution in [0.5, 0.6) is 6.01 Å². The van der Waals surface area contributed by atoms with E-state index in [1.807, 2.05) is 13.8 Å². The van der Waals surface area contributed by atoms with Crippen LogP contribution < -0.4 is 10.4 Å². The lowest BCUT2D eigenvalue weighted by molar-refractivity contribution is 0.372. The smallest absolute Gasteiger partial charge is 0.344 e. The first kappa shape index (κ1) is 13.8. The highest BCUT2D eigenvalue weighted by Gasteiger charge is 2.15. The molecular formula is C9H11ClN6O2S. The van der Waals surface area contributed by atoms with Gasteiger partial charge in [-0.05, 0) is 37.2 Å². The molecule has 0 spiro atoms. The van der Waals surface area contributed by atoms with Crippen LogP contribution in [0.1, 0.15) is 19.9 Å². The molecule has 0 atom stereocenters. The van der Waals surface area contributed by atoms with Gasteiger partial charge in [-0.3, -0.25) is 4.57 Å². The molecule has 1 N–H and O–H groups in total. The van der Waals surface area contributed by atoms with Crippen LogP contribution in [0, 0.1) is 0 Å². The van der Waals surface area contributed by atoms with Crippen LogP contribution in [-0.2, 0) is 0 Å². The molecule has 2 aromatic heterocycles. The second-order valence-corrected chi connectivity index (χ2v) is 5.02. The number of nitrogens with one attached hydrogen (secondary N) is 1. The van der Waals surface area contributed by atoms with Crippen molar-refractivity contribution >= 4 is 23.4 Å². The molecule has 8 nitrogen and oxygen atoms in total. The van der Waals surface area contributed by atoms with Gasteiger partial charge in [-0.2, -0.15) is 15.0 Å². The van der Waals surface area contributed by atoms with Gasteiger partial charge in [0, 0.05) is 6.04 Å². The van der Waals surface area contributed by atoms with Crippen LogP contribution in [0.15, 0.2) is 15.1 Å². The van der Waals surface area contributed by atoms with Crippen LogP contribution in [0.25, 0.3) is 0 Å². The average molecular weight is 303 g/mol. The van der Waals surface area contributed by atoms with E-state index < -0.39 is 0 Å². The average Bonchev–Trinajstić information content (AvgIpc) is 2.69. The third kappa shape index (κ3) is 3.04. The maximum atomic E-state index is 11.6. The number of hydrogen-bond donors (Lipinski definition) is 1. The van der Waals surface area contributed by atoms with Crippen LogP contribution in [0.4, 0.5) is 0 Å². The number of ether oxygens (including phenoxy) is 1. The Morgan fingerprint density at radius 2 is 2.11 bits per heavy atom. The highest BCUT2D eigenvalue weighted by Crippen LogP contribution is 2.25. The molecule has 0 unspecified atom stereocenters. The number of H-pyrrole nitrogens is 1. The number of halogens is 1. The SMILES string of the molecule is COc1nc(Cl)nc(Sc2n[nH]c(=O)n2C(C)C)n1. The zero-order valence-electron chi connectivity index (χ0n) is 10.4. The molecule has 102 valence electrons. The molecule has 0 saturated carbocycles. The van der Waals surface area contributed by atoms with Crippen molar-refractivity contribution < 1.29 is 4.74 Å². The van der Waals surface area contributed by atoms with Gasteiger partial charge in [0.2, 0.25) is 10.4 Å². The molecule has 0 bridgehead atoms. The van der Waals surface area contributed by atoms with Crippen LogP contribution in [0.2, 0.25) is 5.28 Å². The number of hydrogen-bond acceptors (Lipinski definition) is 7. The maximum absolute atomic E-state index is 11.6. The van der Waals surface area contributed by atoms with Gasteiger partial charge in [-0.15, -0.1) is 5.10 Å². The minimum absolute atomic E-state index is 0.0170. The molecule has 2 rings (SSSR count). The van der Waals surface area contributed by atoms with Gasteiger partial charge in [0.25, 0.3) is 0 Å². The van der Waals surface area contributed by atoms with Gasteiger partial charge >= 0.3 is 11.7 Å². The Balaban J connectivity index is 2.36. The summed E-state index contributed by atoms with van der Waals surface area (Å²) in [6.07, 6.45) is 0. The maximum Gasteiger partial charge on any atom is 0.344 e. The fourth-order valence-electron chi connectivity index (χ4n) is 1.35. The van der Waals surface area contributed by atoms with Crippen molar-refractivity contribution in [3.05, 3.63) is 15.8 Å². The zero-order valence-corrected chi connectivity index (χ0v) is 12.0. The Morgan fingerprint density at radius 3 is 2.74 bits per heavy atom. The van der Waals surface area contributed by atoms with E-state index in [0.29, 0.717) is 10.3 Å². The standard InChI is InChI=1S/C9H11ClN6O2S/c1-4(2)16-8(17)14-15-9(16)19-7-12-5(10)11-6(13-7)18-3/h4H,1-3H3,(H,14,17). The molecule has 0 aliphatic rings. The first-order valence-corrected chi connectivity index (χ1v) is 6.51. The van der Waals surface area contributed by atoms with Crippen LogP contribution in [-0.4, -0.2) is 36.8 Å². The molecule has 0 aliphatic heterocycles. The highest BCUT2D eigenvalue weighted by molar-refractivity contribution is 7.99. The molecule has 10 heteroatoms. The Labute approximate surface area is 117 Å². The van der Waals surface area contributed by atoms with Crippen molar-refractivity contribution in [2.24, 2.45) is 0 Å². The van der Waals surface area contributed by atoms with Crippen molar-refractivity contribution in [2.45, 2.75) is 30.2 Å². The summed E-state index contributed by atoms with van der Waals surface area (Å²) < 4.78 is 6.39. The van der Waals surface area contributed by atoms with Gasteiger partial charge in [-0.1, -0.05) is 0 Å². The molecule has 2 aromatic rings. The summed E-state index contributed by atoms with van der Waals surface area (Å²) >= 11 is 6.85. The van der Waals surface area contributed by atoms with Crippen LogP contribution >= 0.6 is 23.4 Å². The molecular weight excluding hydrogens is 292 g/mol. The monoisotopic (exact) mass is 302 g/mol. The van der Waals surface area contributed by atoms with E-state index in [4.69, 9.17) is 16.3 Å². The molecule has 0 aliphatic carbocycles. The molecule has 19 heavy (non-hydrogen) atoms. The minimum Gasteiger partial charge on any atom is -0.467 e. The number of aromatic amines is 1. The second-order valence-electron chi connectivity index (χ2n) is 3.75. The number of rotatable bonds is 4. The fraction of sp³-hybridized carbons (Fsp3) is 0.444. The fourth-order valence-corrected chi connectivity index (χ4v) is 2.46. The molecule has 0 saturated heterocycles. The number of methoxy groups -OCH3 is 1. The zero-order chi connectivity index (χ0) is 14.0. The van der Waals surface area contributed by atoms with Gasteiger partial charge in [-0.25, -0.2) is 9.89 Å². The summed E-state index contributed by atoms with van der Waals surface area (Å²) in [4.78, 5) is 23.3. The quantitative estimate of drug-likeness (QED) is 0.904. The van der Waals surface area contributed by atoms with E-state index in [2.05, 4.69) is 25.1 Å². The summed E-state index contributed by atoms with van der Waals surface area (Å²) in [6, 6.07) is 0.0736. The first-order chi connectivity index (χ1) is 9.01. The minimum atomic E-state index is -0.287. The van der Waals surface area contributed by atoms with Gasteiger partial charge in [0.1, 0.15) is 0 Å². The predicted octanol–water partition coefficient (Wildman–Crippen LogP) is 1.15. The third-order valence-corrected chi connectivity index (χ3v) is 3.13. The van der Waals surface area contributed by atoms with Crippen molar-refractivity contribution in [3.63, 3.8) is 0 Å². The predicted molar refractivity (Wildman–Crippen MR) is 68.7 cm³/mol. The summed E-state index contributed by atoms with van der Waals surface area (Å²) in [5.74, 6) is 0. The third-order valence-electron chi connectivity index (χ3n) is 2.12. The van der Waals surface area contributed by atoms with E-state index >= 15 is 0 Å². The summed E-state index contributed by atoms with van der Waals surface area (Å²) in [5, 5.41) is 7.07. The molecule has 0 fully saturated rings. The van der Waals surface area contributed by atoms with Crippen molar-refractivity contribution in [2.75, 3.05) is 7.11 Å². The summed E-state index contributed by atoms with van der Waals surface area (Å²) in [7, 11) is 1.43. The lowest BCUT2D eigenvalue weighted by Gasteiger charge is -2.07. The van der Waals surface area contributed by atoms with E-state index in [1.165, 1.54) is 11.7 Å². The number of nitrogens with zero attached hydrogens (tertiary/aromatic N) is 5. The first-order valence-electron chi connectivity index (χ1n) is 5.31. The Hall–Kier alpha value is -1.61. The largest absolute Gasteiger partial charge is 0.467 e. The van der Waals surface area contributed by atoms with E-state index in [0.717, 1.165) is 11.8 Å². The molecule has 0 radical (unpaired) electrons. The summed E-state index contributed by atoms with van der Waals surface area (Å²) in [6.45, 7) is 3.75. The highest BCUT2D eigenvalue weighted by atomic mass is 35.5. The van der Waals surface area contributed by atoms with Gasteiger partial charge in [0.05, 0.1) is 7.11 Å². The second kappa shape index (κ2) is 5.57. The van der Waals surface area contributed by atoms with Crippen molar-refractivity contribution in [1.29, 1.82) is 0 Å². The Morgan fingerprint density at radius 1 is 1.37 bits per heavy atom. The topological polar surface area (TPSA) is 98.6 Å². The molecule has 0 aromatic carbocycles. The lowest BCUT2D eigenvalue weighted by atomic mass is 10.4. The van der Waals surface area contributed by atoms with Gasteiger partial charge < -0.3 is 4.74 Å². The van der Waals surface area contributed by atoms with Crippen molar-refractivity contribution in [3.8, 4) is 6.01 Å². The Bertz CT molecular complexity index is 640. The lowest BCUT2D eigenvalue weighted by Crippen LogP contribution is -2.19. The number of aromatic nitrogens is 6. The van der Waals surface area contributed by atoms with Gasteiger partial charge in [0.15, 0.2) is 5.16 Å². The van der Waals surface area contributed by atoms with E-state index in [-0.39, 0.29) is 23.0 Å².